The van der Waals surface area contributed by atoms with Gasteiger partial charge in [-0.25, -0.2) is 8.42 Å². The van der Waals surface area contributed by atoms with Crippen LogP contribution in [0.15, 0.2) is 11.5 Å². The van der Waals surface area contributed by atoms with Crippen LogP contribution in [0.5, 0.6) is 0 Å². The fourth-order valence-corrected chi connectivity index (χ4v) is 4.08. The molecule has 1 saturated carbocycles. The van der Waals surface area contributed by atoms with Gasteiger partial charge in [-0.2, -0.15) is 0 Å². The van der Waals surface area contributed by atoms with Crippen molar-refractivity contribution in [2.75, 3.05) is 18.9 Å². The molecular weight excluding hydrogens is 278 g/mol. The molecule has 2 rings (SSSR count). The molecule has 2 aliphatic rings. The van der Waals surface area contributed by atoms with Gasteiger partial charge in [0.1, 0.15) is 0 Å². The number of aliphatic hydroxyl groups excluding tert-OH is 1. The monoisotopic (exact) mass is 303 g/mol. The number of ether oxygens (including phenoxy) is 1. The number of rotatable bonds is 6. The van der Waals surface area contributed by atoms with Crippen LogP contribution in [0.25, 0.3) is 0 Å². The first-order valence-corrected chi connectivity index (χ1v) is 9.12. The van der Waals surface area contributed by atoms with Crippen LogP contribution < -0.4 is 5.32 Å². The molecule has 4 unspecified atom stereocenters. The molecule has 20 heavy (non-hydrogen) atoms. The Balaban J connectivity index is 1.63. The molecule has 1 aliphatic heterocycles. The molecule has 0 aromatic heterocycles. The minimum atomic E-state index is -3.04. The van der Waals surface area contributed by atoms with E-state index in [1.54, 1.807) is 6.08 Å². The summed E-state index contributed by atoms with van der Waals surface area (Å²) in [6, 6.07) is -0.191. The number of aliphatic hydroxyl groups is 1. The van der Waals surface area contributed by atoms with Crippen LogP contribution in [0.3, 0.4) is 0 Å². The fraction of sp³-hybridized carbons (Fsp3) is 0.857. The van der Waals surface area contributed by atoms with Crippen molar-refractivity contribution in [2.24, 2.45) is 5.92 Å². The Bertz CT molecular complexity index is 434. The topological polar surface area (TPSA) is 75.6 Å². The highest BCUT2D eigenvalue weighted by atomic mass is 32.2. The van der Waals surface area contributed by atoms with Gasteiger partial charge in [0.25, 0.3) is 0 Å². The Kier molecular flexibility index (Phi) is 5.60. The summed E-state index contributed by atoms with van der Waals surface area (Å²) in [7, 11) is -3.04. The lowest BCUT2D eigenvalue weighted by molar-refractivity contribution is -0.0453. The van der Waals surface area contributed by atoms with E-state index >= 15 is 0 Å². The Morgan fingerprint density at radius 2 is 2.15 bits per heavy atom. The van der Waals surface area contributed by atoms with Gasteiger partial charge in [0, 0.05) is 18.0 Å². The molecule has 4 atom stereocenters. The summed E-state index contributed by atoms with van der Waals surface area (Å²) in [6.45, 7) is 2.86. The third-order valence-electron chi connectivity index (χ3n) is 4.08. The van der Waals surface area contributed by atoms with E-state index in [0.29, 0.717) is 19.1 Å². The molecule has 1 aliphatic carbocycles. The van der Waals surface area contributed by atoms with Crippen LogP contribution in [-0.4, -0.2) is 50.7 Å². The molecular formula is C14H25NO4S. The van der Waals surface area contributed by atoms with Gasteiger partial charge >= 0.3 is 0 Å². The molecule has 0 aromatic rings. The van der Waals surface area contributed by atoms with E-state index in [2.05, 4.69) is 12.2 Å². The predicted molar refractivity (Wildman–Crippen MR) is 78.1 cm³/mol. The van der Waals surface area contributed by atoms with Crippen molar-refractivity contribution in [3.63, 3.8) is 0 Å². The Labute approximate surface area is 121 Å². The molecule has 0 saturated heterocycles. The Hall–Kier alpha value is -0.430. The maximum Gasteiger partial charge on any atom is 0.173 e. The van der Waals surface area contributed by atoms with E-state index < -0.39 is 15.9 Å². The van der Waals surface area contributed by atoms with Crippen LogP contribution in [-0.2, 0) is 14.6 Å². The van der Waals surface area contributed by atoms with E-state index in [-0.39, 0.29) is 17.9 Å². The average Bonchev–Trinajstić information content (AvgIpc) is 2.75. The highest BCUT2D eigenvalue weighted by molar-refractivity contribution is 7.94. The predicted octanol–water partition coefficient (Wildman–Crippen LogP) is 0.843. The van der Waals surface area contributed by atoms with Crippen molar-refractivity contribution in [1.82, 2.24) is 5.32 Å². The lowest BCUT2D eigenvalue weighted by Gasteiger charge is -2.29. The normalized spacial score (nSPS) is 34.2. The summed E-state index contributed by atoms with van der Waals surface area (Å²) in [4.78, 5) is 0. The molecule has 0 aromatic carbocycles. The second kappa shape index (κ2) is 7.02. The van der Waals surface area contributed by atoms with E-state index in [4.69, 9.17) is 4.74 Å². The number of nitrogens with one attached hydrogen (secondary N) is 1. The summed E-state index contributed by atoms with van der Waals surface area (Å²) in [5.41, 5.74) is 0. The zero-order valence-electron chi connectivity index (χ0n) is 12.0. The van der Waals surface area contributed by atoms with Crippen molar-refractivity contribution >= 4 is 9.84 Å². The van der Waals surface area contributed by atoms with Crippen molar-refractivity contribution in [2.45, 2.75) is 50.9 Å². The van der Waals surface area contributed by atoms with E-state index in [1.807, 2.05) is 0 Å². The van der Waals surface area contributed by atoms with Crippen LogP contribution >= 0.6 is 0 Å². The van der Waals surface area contributed by atoms with Gasteiger partial charge in [-0.05, 0) is 18.8 Å². The van der Waals surface area contributed by atoms with Gasteiger partial charge in [-0.15, -0.1) is 0 Å². The minimum Gasteiger partial charge on any atom is -0.389 e. The number of hydrogen-bond donors (Lipinski definition) is 2. The molecule has 1 fully saturated rings. The van der Waals surface area contributed by atoms with Crippen molar-refractivity contribution in [1.29, 1.82) is 0 Å². The highest BCUT2D eigenvalue weighted by Gasteiger charge is 2.24. The van der Waals surface area contributed by atoms with Crippen molar-refractivity contribution < 1.29 is 18.3 Å². The lowest BCUT2D eigenvalue weighted by Crippen LogP contribution is -2.39. The second-order valence-corrected chi connectivity index (χ2v) is 7.89. The summed E-state index contributed by atoms with van der Waals surface area (Å²) < 4.78 is 28.3. The molecule has 0 radical (unpaired) electrons. The third kappa shape index (κ3) is 4.84. The maximum absolute atomic E-state index is 11.2. The van der Waals surface area contributed by atoms with Gasteiger partial charge in [-0.3, -0.25) is 0 Å². The standard InChI is InChI=1S/C14H25NO4S/c1-11-4-2-3-5-14(11)19-9-13(16)8-15-12-6-7-20(17,18)10-12/h6-7,11-16H,2-5,8-10H2,1H3. The third-order valence-corrected chi connectivity index (χ3v) is 5.48. The zero-order valence-corrected chi connectivity index (χ0v) is 12.8. The van der Waals surface area contributed by atoms with E-state index in [0.717, 1.165) is 6.42 Å². The first-order chi connectivity index (χ1) is 9.46. The fourth-order valence-electron chi connectivity index (χ4n) is 2.81. The summed E-state index contributed by atoms with van der Waals surface area (Å²) >= 11 is 0. The van der Waals surface area contributed by atoms with Crippen LogP contribution in [0.1, 0.15) is 32.6 Å². The quantitative estimate of drug-likeness (QED) is 0.760. The molecule has 5 nitrogen and oxygen atoms in total. The van der Waals surface area contributed by atoms with Gasteiger partial charge in [0.05, 0.1) is 24.6 Å². The van der Waals surface area contributed by atoms with E-state index in [9.17, 15) is 13.5 Å². The average molecular weight is 303 g/mol. The van der Waals surface area contributed by atoms with Gasteiger partial charge < -0.3 is 15.2 Å². The number of hydrogen-bond acceptors (Lipinski definition) is 5. The molecule has 0 spiro atoms. The highest BCUT2D eigenvalue weighted by Crippen LogP contribution is 2.26. The van der Waals surface area contributed by atoms with Crippen LogP contribution in [0.4, 0.5) is 0 Å². The smallest absolute Gasteiger partial charge is 0.173 e. The van der Waals surface area contributed by atoms with Crippen molar-refractivity contribution in [3.8, 4) is 0 Å². The molecule has 6 heteroatoms. The first-order valence-electron chi connectivity index (χ1n) is 7.40. The van der Waals surface area contributed by atoms with Crippen LogP contribution in [0, 0.1) is 5.92 Å². The molecule has 0 bridgehead atoms. The van der Waals surface area contributed by atoms with Gasteiger partial charge in [0.15, 0.2) is 9.84 Å². The SMILES string of the molecule is CC1CCCCC1OCC(O)CNC1C=CS(=O)(=O)C1. The van der Waals surface area contributed by atoms with Crippen molar-refractivity contribution in [3.05, 3.63) is 11.5 Å². The van der Waals surface area contributed by atoms with Crippen LogP contribution in [0.2, 0.25) is 0 Å². The molecule has 2 N–H and O–H groups in total. The largest absolute Gasteiger partial charge is 0.389 e. The summed E-state index contributed by atoms with van der Waals surface area (Å²) in [5, 5.41) is 14.2. The molecule has 0 amide bonds. The lowest BCUT2D eigenvalue weighted by atomic mass is 9.88. The minimum absolute atomic E-state index is 0.0836. The maximum atomic E-state index is 11.2. The van der Waals surface area contributed by atoms with Gasteiger partial charge in [-0.1, -0.05) is 25.8 Å². The molecule has 116 valence electrons. The zero-order chi connectivity index (χ0) is 14.6. The van der Waals surface area contributed by atoms with E-state index in [1.165, 1.54) is 24.7 Å². The second-order valence-electron chi connectivity index (χ2n) is 5.96. The summed E-state index contributed by atoms with van der Waals surface area (Å²) in [5.74, 6) is 0.645. The Morgan fingerprint density at radius 3 is 2.80 bits per heavy atom. The number of sulfone groups is 1. The molecule has 1 heterocycles. The summed E-state index contributed by atoms with van der Waals surface area (Å²) in [6.07, 6.45) is 6.04. The Morgan fingerprint density at radius 1 is 1.40 bits per heavy atom. The van der Waals surface area contributed by atoms with Gasteiger partial charge in [0.2, 0.25) is 0 Å². The first kappa shape index (κ1) is 15.9.